The van der Waals surface area contributed by atoms with Crippen molar-refractivity contribution < 1.29 is 9.18 Å². The largest absolute Gasteiger partial charge is 0.299 e. The molecule has 1 aliphatic rings. The summed E-state index contributed by atoms with van der Waals surface area (Å²) in [6, 6.07) is 22.4. The number of halogens is 1. The van der Waals surface area contributed by atoms with Crippen LogP contribution in [0.3, 0.4) is 0 Å². The first-order chi connectivity index (χ1) is 16.2. The highest BCUT2D eigenvalue weighted by molar-refractivity contribution is 7.12. The summed E-state index contributed by atoms with van der Waals surface area (Å²) in [5, 5.41) is 6.62. The average Bonchev–Trinajstić information content (AvgIpc) is 3.55. The Morgan fingerprint density at radius 3 is 2.45 bits per heavy atom. The zero-order valence-electron chi connectivity index (χ0n) is 18.2. The number of hydrogen-bond donors (Lipinski definition) is 0. The standard InChI is InChI=1S/C26H25FN4OS/c27-21-8-10-22(11-9-21)30-17-14-25(28-30)31(26(32)24-7-4-18-33-24)23-12-15-29(16-13-23)19-20-5-2-1-3-6-20/h1-11,14,17-18,23H,12-13,15-16,19H2. The summed E-state index contributed by atoms with van der Waals surface area (Å²) < 4.78 is 15.0. The van der Waals surface area contributed by atoms with E-state index >= 15 is 0 Å². The van der Waals surface area contributed by atoms with Crippen LogP contribution < -0.4 is 4.90 Å². The van der Waals surface area contributed by atoms with Crippen molar-refractivity contribution in [3.63, 3.8) is 0 Å². The molecule has 7 heteroatoms. The Morgan fingerprint density at radius 1 is 1.00 bits per heavy atom. The lowest BCUT2D eigenvalue weighted by atomic mass is 10.0. The number of rotatable bonds is 6. The number of nitrogens with zero attached hydrogens (tertiary/aromatic N) is 4. The van der Waals surface area contributed by atoms with E-state index in [9.17, 15) is 9.18 Å². The van der Waals surface area contributed by atoms with E-state index in [1.54, 1.807) is 16.8 Å². The van der Waals surface area contributed by atoms with Crippen LogP contribution >= 0.6 is 11.3 Å². The number of piperidine rings is 1. The Balaban J connectivity index is 1.36. The van der Waals surface area contributed by atoms with Crippen LogP contribution in [0, 0.1) is 5.82 Å². The van der Waals surface area contributed by atoms with Gasteiger partial charge >= 0.3 is 0 Å². The number of thiophene rings is 1. The number of benzene rings is 2. The number of likely N-dealkylation sites (tertiary alicyclic amines) is 1. The van der Waals surface area contributed by atoms with Crippen LogP contribution in [0.5, 0.6) is 0 Å². The van der Waals surface area contributed by atoms with Crippen LogP contribution in [-0.2, 0) is 6.54 Å². The summed E-state index contributed by atoms with van der Waals surface area (Å²) in [5.41, 5.74) is 2.06. The van der Waals surface area contributed by atoms with Crippen LogP contribution in [0.15, 0.2) is 84.4 Å². The lowest BCUT2D eigenvalue weighted by Gasteiger charge is -2.37. The van der Waals surface area contributed by atoms with E-state index in [-0.39, 0.29) is 17.8 Å². The summed E-state index contributed by atoms with van der Waals surface area (Å²) in [5.74, 6) is 0.318. The third-order valence-corrected chi connectivity index (χ3v) is 6.89. The minimum atomic E-state index is -0.289. The van der Waals surface area contributed by atoms with Crippen LogP contribution in [0.25, 0.3) is 5.69 Å². The zero-order chi connectivity index (χ0) is 22.6. The predicted octanol–water partition coefficient (Wildman–Crippen LogP) is 5.38. The molecule has 168 valence electrons. The second kappa shape index (κ2) is 9.68. The van der Waals surface area contributed by atoms with Crippen molar-refractivity contribution in [3.05, 3.63) is 101 Å². The summed E-state index contributed by atoms with van der Waals surface area (Å²) in [6.45, 7) is 2.77. The van der Waals surface area contributed by atoms with Gasteiger partial charge in [0.15, 0.2) is 5.82 Å². The number of aromatic nitrogens is 2. The van der Waals surface area contributed by atoms with Crippen molar-refractivity contribution in [2.45, 2.75) is 25.4 Å². The molecule has 1 aliphatic heterocycles. The van der Waals surface area contributed by atoms with Gasteiger partial charge in [0, 0.05) is 37.9 Å². The number of amides is 1. The fourth-order valence-corrected chi connectivity index (χ4v) is 4.99. The maximum Gasteiger partial charge on any atom is 0.269 e. The van der Waals surface area contributed by atoms with Crippen molar-refractivity contribution in [1.29, 1.82) is 0 Å². The molecule has 1 amide bonds. The predicted molar refractivity (Wildman–Crippen MR) is 129 cm³/mol. The molecular formula is C26H25FN4OS. The first-order valence-electron chi connectivity index (χ1n) is 11.1. The second-order valence-electron chi connectivity index (χ2n) is 8.24. The van der Waals surface area contributed by atoms with Crippen LogP contribution in [0.1, 0.15) is 28.1 Å². The Hall–Kier alpha value is -3.29. The fourth-order valence-electron chi connectivity index (χ4n) is 4.33. The lowest BCUT2D eigenvalue weighted by Crippen LogP contribution is -2.47. The van der Waals surface area contributed by atoms with E-state index in [2.05, 4.69) is 29.2 Å². The van der Waals surface area contributed by atoms with Gasteiger partial charge in [-0.05, 0) is 54.1 Å². The topological polar surface area (TPSA) is 41.4 Å². The summed E-state index contributed by atoms with van der Waals surface area (Å²) in [4.78, 5) is 18.5. The van der Waals surface area contributed by atoms with Gasteiger partial charge in [0.25, 0.3) is 5.91 Å². The van der Waals surface area contributed by atoms with Crippen LogP contribution in [0.4, 0.5) is 10.2 Å². The second-order valence-corrected chi connectivity index (χ2v) is 9.19. The van der Waals surface area contributed by atoms with Gasteiger partial charge in [-0.1, -0.05) is 36.4 Å². The van der Waals surface area contributed by atoms with Gasteiger partial charge in [0.05, 0.1) is 10.6 Å². The molecule has 1 saturated heterocycles. The first-order valence-corrected chi connectivity index (χ1v) is 12.0. The summed E-state index contributed by atoms with van der Waals surface area (Å²) >= 11 is 1.45. The van der Waals surface area contributed by atoms with E-state index in [1.165, 1.54) is 29.0 Å². The summed E-state index contributed by atoms with van der Waals surface area (Å²) in [6.07, 6.45) is 3.59. The molecule has 0 bridgehead atoms. The number of hydrogen-bond acceptors (Lipinski definition) is 4. The van der Waals surface area contributed by atoms with Crippen molar-refractivity contribution >= 4 is 23.1 Å². The van der Waals surface area contributed by atoms with Crippen LogP contribution in [0.2, 0.25) is 0 Å². The molecule has 0 spiro atoms. The molecule has 0 unspecified atom stereocenters. The summed E-state index contributed by atoms with van der Waals surface area (Å²) in [7, 11) is 0. The molecule has 2 aromatic heterocycles. The molecule has 3 heterocycles. The van der Waals surface area contributed by atoms with E-state index in [1.807, 2.05) is 40.7 Å². The normalized spacial score (nSPS) is 14.9. The SMILES string of the molecule is O=C(c1cccs1)N(c1ccn(-c2ccc(F)cc2)n1)C1CCN(Cc2ccccc2)CC1. The van der Waals surface area contributed by atoms with Crippen molar-refractivity contribution in [2.75, 3.05) is 18.0 Å². The lowest BCUT2D eigenvalue weighted by molar-refractivity contribution is 0.0961. The molecule has 1 fully saturated rings. The molecule has 0 saturated carbocycles. The average molecular weight is 461 g/mol. The Labute approximate surface area is 196 Å². The fraction of sp³-hybridized carbons (Fsp3) is 0.231. The highest BCUT2D eigenvalue weighted by atomic mass is 32.1. The van der Waals surface area contributed by atoms with Gasteiger partial charge in [-0.15, -0.1) is 16.4 Å². The third-order valence-electron chi connectivity index (χ3n) is 6.04. The van der Waals surface area contributed by atoms with Gasteiger partial charge in [-0.3, -0.25) is 14.6 Å². The maximum atomic E-state index is 13.5. The Kier molecular flexibility index (Phi) is 6.32. The molecule has 33 heavy (non-hydrogen) atoms. The van der Waals surface area contributed by atoms with Crippen LogP contribution in [-0.4, -0.2) is 39.7 Å². The molecule has 0 N–H and O–H groups in total. The molecule has 4 aromatic rings. The monoisotopic (exact) mass is 460 g/mol. The Morgan fingerprint density at radius 2 is 1.76 bits per heavy atom. The molecule has 5 rings (SSSR count). The molecule has 5 nitrogen and oxygen atoms in total. The van der Waals surface area contributed by atoms with Crippen molar-refractivity contribution in [3.8, 4) is 5.69 Å². The highest BCUT2D eigenvalue weighted by Gasteiger charge is 2.31. The van der Waals surface area contributed by atoms with Gasteiger partial charge < -0.3 is 0 Å². The van der Waals surface area contributed by atoms with Crippen molar-refractivity contribution in [1.82, 2.24) is 14.7 Å². The van der Waals surface area contributed by atoms with Gasteiger partial charge in [0.1, 0.15) is 5.82 Å². The van der Waals surface area contributed by atoms with E-state index < -0.39 is 0 Å². The maximum absolute atomic E-state index is 13.5. The molecular weight excluding hydrogens is 435 g/mol. The van der Waals surface area contributed by atoms with E-state index in [0.29, 0.717) is 10.7 Å². The zero-order valence-corrected chi connectivity index (χ0v) is 19.0. The van der Waals surface area contributed by atoms with Gasteiger partial charge in [-0.25, -0.2) is 9.07 Å². The number of carbonyl (C=O) groups excluding carboxylic acids is 1. The third kappa shape index (κ3) is 4.89. The number of carbonyl (C=O) groups is 1. The first kappa shape index (κ1) is 21.6. The quantitative estimate of drug-likeness (QED) is 0.388. The van der Waals surface area contributed by atoms with E-state index in [4.69, 9.17) is 5.10 Å². The molecule has 0 radical (unpaired) electrons. The minimum Gasteiger partial charge on any atom is -0.299 e. The molecule has 0 aliphatic carbocycles. The molecule has 0 atom stereocenters. The molecule has 2 aromatic carbocycles. The van der Waals surface area contributed by atoms with Crippen molar-refractivity contribution in [2.24, 2.45) is 0 Å². The van der Waals surface area contributed by atoms with E-state index in [0.717, 1.165) is 38.2 Å². The Bertz CT molecular complexity index is 1180. The van der Waals surface area contributed by atoms with Gasteiger partial charge in [0.2, 0.25) is 0 Å². The van der Waals surface area contributed by atoms with Gasteiger partial charge in [-0.2, -0.15) is 0 Å². The smallest absolute Gasteiger partial charge is 0.269 e. The number of anilines is 1. The minimum absolute atomic E-state index is 0.0177. The highest BCUT2D eigenvalue weighted by Crippen LogP contribution is 2.27.